The van der Waals surface area contributed by atoms with Gasteiger partial charge in [0.1, 0.15) is 5.82 Å². The molecule has 2 amide bonds. The molecule has 3 aromatic heterocycles. The molecule has 2 aliphatic rings. The number of halogens is 1. The molecule has 260 valence electrons. The molecular formula is C41H42ClN7O2. The summed E-state index contributed by atoms with van der Waals surface area (Å²) in [5.41, 5.74) is 7.06. The van der Waals surface area contributed by atoms with Crippen molar-refractivity contribution in [3.8, 4) is 22.3 Å². The third-order valence-electron chi connectivity index (χ3n) is 10.0. The highest BCUT2D eigenvalue weighted by atomic mass is 35.5. The number of pyridine rings is 3. The van der Waals surface area contributed by atoms with Gasteiger partial charge in [0.25, 0.3) is 11.8 Å². The first-order chi connectivity index (χ1) is 24.9. The molecule has 0 saturated carbocycles. The summed E-state index contributed by atoms with van der Waals surface area (Å²) >= 11 is 6.53. The molecule has 0 unspecified atom stereocenters. The van der Waals surface area contributed by atoms with Gasteiger partial charge >= 0.3 is 0 Å². The van der Waals surface area contributed by atoms with Crippen molar-refractivity contribution in [2.24, 2.45) is 0 Å². The summed E-state index contributed by atoms with van der Waals surface area (Å²) in [6.45, 7) is 6.26. The summed E-state index contributed by atoms with van der Waals surface area (Å²) in [7, 11) is 0. The molecule has 5 heterocycles. The van der Waals surface area contributed by atoms with E-state index in [1.807, 2.05) is 67.8 Å². The Kier molecular flexibility index (Phi) is 10.7. The Hall–Kier alpha value is -5.12. The molecule has 0 spiro atoms. The van der Waals surface area contributed by atoms with Crippen molar-refractivity contribution in [1.29, 1.82) is 0 Å². The molecule has 2 aliphatic heterocycles. The first-order valence-electron chi connectivity index (χ1n) is 17.6. The monoisotopic (exact) mass is 699 g/mol. The van der Waals surface area contributed by atoms with E-state index in [4.69, 9.17) is 16.6 Å². The molecule has 2 N–H and O–H groups in total. The average molecular weight is 700 g/mol. The van der Waals surface area contributed by atoms with E-state index in [1.54, 1.807) is 30.7 Å². The van der Waals surface area contributed by atoms with Gasteiger partial charge in [0.05, 0.1) is 0 Å². The molecule has 51 heavy (non-hydrogen) atoms. The van der Waals surface area contributed by atoms with Gasteiger partial charge in [-0.2, -0.15) is 0 Å². The van der Waals surface area contributed by atoms with Crippen LogP contribution in [0.15, 0.2) is 104 Å². The normalized spacial score (nSPS) is 15.8. The summed E-state index contributed by atoms with van der Waals surface area (Å²) in [4.78, 5) is 44.3. The van der Waals surface area contributed by atoms with Gasteiger partial charge in [-0.3, -0.25) is 24.5 Å². The zero-order chi connectivity index (χ0) is 35.2. The number of anilines is 1. The second-order valence-electron chi connectivity index (χ2n) is 13.4. The van der Waals surface area contributed by atoms with E-state index in [0.29, 0.717) is 16.1 Å². The summed E-state index contributed by atoms with van der Waals surface area (Å²) < 4.78 is 0. The summed E-state index contributed by atoms with van der Waals surface area (Å²) in [5, 5.41) is 7.11. The van der Waals surface area contributed by atoms with Crippen LogP contribution in [0.2, 0.25) is 5.02 Å². The lowest BCUT2D eigenvalue weighted by atomic mass is 9.96. The summed E-state index contributed by atoms with van der Waals surface area (Å²) in [6, 6.07) is 23.6. The number of benzene rings is 2. The SMILES string of the molecule is Cc1c(C(=O)NC2CCN(c3ccc(CN4CCC(NC(=O)c5cccc(-c6cccnc6)c5)CC4)cn3)CC2)ccc(Cl)c1-c1cccnc1. The highest BCUT2D eigenvalue weighted by Gasteiger charge is 2.25. The zero-order valence-electron chi connectivity index (χ0n) is 28.8. The van der Waals surface area contributed by atoms with Crippen LogP contribution in [-0.2, 0) is 6.54 Å². The van der Waals surface area contributed by atoms with E-state index in [1.165, 1.54) is 5.56 Å². The van der Waals surface area contributed by atoms with Gasteiger partial charge in [-0.25, -0.2) is 4.98 Å². The molecule has 0 atom stereocenters. The smallest absolute Gasteiger partial charge is 0.251 e. The molecule has 10 heteroatoms. The lowest BCUT2D eigenvalue weighted by Crippen LogP contribution is -2.45. The Morgan fingerprint density at radius 1 is 0.745 bits per heavy atom. The maximum absolute atomic E-state index is 13.3. The number of amides is 2. The molecule has 5 aromatic rings. The quantitative estimate of drug-likeness (QED) is 0.172. The van der Waals surface area contributed by atoms with E-state index in [2.05, 4.69) is 42.5 Å². The number of hydrogen-bond acceptors (Lipinski definition) is 7. The first-order valence-corrected chi connectivity index (χ1v) is 18.0. The molecule has 0 radical (unpaired) electrons. The first kappa shape index (κ1) is 34.3. The zero-order valence-corrected chi connectivity index (χ0v) is 29.5. The average Bonchev–Trinajstić information content (AvgIpc) is 3.17. The van der Waals surface area contributed by atoms with Crippen molar-refractivity contribution < 1.29 is 9.59 Å². The van der Waals surface area contributed by atoms with E-state index in [9.17, 15) is 9.59 Å². The van der Waals surface area contributed by atoms with E-state index in [-0.39, 0.29) is 23.9 Å². The highest BCUT2D eigenvalue weighted by molar-refractivity contribution is 6.33. The van der Waals surface area contributed by atoms with Crippen LogP contribution in [0.25, 0.3) is 22.3 Å². The third-order valence-corrected chi connectivity index (χ3v) is 10.3. The van der Waals surface area contributed by atoms with Crippen molar-refractivity contribution in [3.63, 3.8) is 0 Å². The van der Waals surface area contributed by atoms with E-state index >= 15 is 0 Å². The minimum absolute atomic E-state index is 0.0302. The van der Waals surface area contributed by atoms with Gasteiger partial charge in [0.2, 0.25) is 0 Å². The highest BCUT2D eigenvalue weighted by Crippen LogP contribution is 2.33. The molecular weight excluding hydrogens is 658 g/mol. The topological polar surface area (TPSA) is 103 Å². The fourth-order valence-electron chi connectivity index (χ4n) is 7.14. The second-order valence-corrected chi connectivity index (χ2v) is 13.8. The van der Waals surface area contributed by atoms with Crippen LogP contribution in [0.4, 0.5) is 5.82 Å². The maximum Gasteiger partial charge on any atom is 0.251 e. The van der Waals surface area contributed by atoms with Crippen molar-refractivity contribution in [2.45, 2.75) is 51.2 Å². The number of rotatable bonds is 9. The van der Waals surface area contributed by atoms with Crippen LogP contribution in [-0.4, -0.2) is 69.9 Å². The number of nitrogens with one attached hydrogen (secondary N) is 2. The molecule has 9 nitrogen and oxygen atoms in total. The third kappa shape index (κ3) is 8.27. The molecule has 0 aliphatic carbocycles. The van der Waals surface area contributed by atoms with Crippen LogP contribution in [0.1, 0.15) is 57.5 Å². The molecule has 0 bridgehead atoms. The minimum atomic E-state index is -0.0757. The van der Waals surface area contributed by atoms with Gasteiger partial charge < -0.3 is 15.5 Å². The second kappa shape index (κ2) is 15.8. The van der Waals surface area contributed by atoms with Crippen LogP contribution >= 0.6 is 11.6 Å². The Labute approximate surface area is 304 Å². The van der Waals surface area contributed by atoms with Gasteiger partial charge in [-0.15, -0.1) is 0 Å². The number of piperidine rings is 2. The predicted molar refractivity (Wildman–Crippen MR) is 202 cm³/mol. The predicted octanol–water partition coefficient (Wildman–Crippen LogP) is 6.96. The lowest BCUT2D eigenvalue weighted by Gasteiger charge is -2.34. The van der Waals surface area contributed by atoms with Crippen molar-refractivity contribution in [1.82, 2.24) is 30.5 Å². The van der Waals surface area contributed by atoms with E-state index in [0.717, 1.165) is 92.0 Å². The standard InChI is InChI=1S/C41H42ClN7O2/c1-28-36(10-11-37(42)39(28)33-8-4-18-44-26-33)41(51)47-35-15-21-49(22-16-35)38-12-9-29(24-45-38)27-48-19-13-34(14-20-48)46-40(50)31-6-2-5-30(23-31)32-7-3-17-43-25-32/h2-12,17-18,23-26,34-35H,13-16,19-22,27H2,1H3,(H,46,50)(H,47,51). The lowest BCUT2D eigenvalue weighted by molar-refractivity contribution is 0.0906. The Balaban J connectivity index is 0.858. The van der Waals surface area contributed by atoms with Crippen LogP contribution in [0, 0.1) is 6.92 Å². The summed E-state index contributed by atoms with van der Waals surface area (Å²) in [6.07, 6.45) is 12.5. The number of carbonyl (C=O) groups excluding carboxylic acids is 2. The number of hydrogen-bond donors (Lipinski definition) is 2. The molecule has 2 saturated heterocycles. The molecule has 2 aromatic carbocycles. The Morgan fingerprint density at radius 3 is 2.08 bits per heavy atom. The van der Waals surface area contributed by atoms with Gasteiger partial charge in [-0.05, 0) is 91.8 Å². The molecule has 7 rings (SSSR count). The Morgan fingerprint density at radius 2 is 1.41 bits per heavy atom. The largest absolute Gasteiger partial charge is 0.356 e. The number of carbonyl (C=O) groups is 2. The number of likely N-dealkylation sites (tertiary alicyclic amines) is 1. The van der Waals surface area contributed by atoms with Gasteiger partial charge in [0, 0.05) is 109 Å². The number of nitrogens with zero attached hydrogens (tertiary/aromatic N) is 5. The molecule has 2 fully saturated rings. The van der Waals surface area contributed by atoms with Crippen molar-refractivity contribution in [2.75, 3.05) is 31.1 Å². The van der Waals surface area contributed by atoms with Crippen LogP contribution in [0.5, 0.6) is 0 Å². The van der Waals surface area contributed by atoms with Gasteiger partial charge in [0.15, 0.2) is 0 Å². The van der Waals surface area contributed by atoms with Crippen molar-refractivity contribution in [3.05, 3.63) is 131 Å². The fourth-order valence-corrected chi connectivity index (χ4v) is 7.45. The number of aromatic nitrogens is 3. The summed E-state index contributed by atoms with van der Waals surface area (Å²) in [5.74, 6) is 0.859. The maximum atomic E-state index is 13.3. The van der Waals surface area contributed by atoms with Crippen molar-refractivity contribution >= 4 is 29.2 Å². The van der Waals surface area contributed by atoms with Gasteiger partial charge in [-0.1, -0.05) is 41.9 Å². The Bertz CT molecular complexity index is 1960. The fraction of sp³-hybridized carbons (Fsp3) is 0.293. The van der Waals surface area contributed by atoms with Crippen LogP contribution < -0.4 is 15.5 Å². The van der Waals surface area contributed by atoms with E-state index < -0.39 is 0 Å². The minimum Gasteiger partial charge on any atom is -0.356 e. The van der Waals surface area contributed by atoms with Crippen LogP contribution in [0.3, 0.4) is 0 Å².